The van der Waals surface area contributed by atoms with Crippen LogP contribution in [0.25, 0.3) is 0 Å². The minimum absolute atomic E-state index is 0.132. The van der Waals surface area contributed by atoms with E-state index in [9.17, 15) is 17.2 Å². The molecule has 5 nitrogen and oxygen atoms in total. The second kappa shape index (κ2) is 6.02. The molecule has 0 spiro atoms. The van der Waals surface area contributed by atoms with Crippen LogP contribution in [0.5, 0.6) is 0 Å². The van der Waals surface area contributed by atoms with E-state index in [-0.39, 0.29) is 18.2 Å². The average molecular weight is 306 g/mol. The highest BCUT2D eigenvalue weighted by Crippen LogP contribution is 2.21. The second-order valence-corrected chi connectivity index (χ2v) is 6.46. The zero-order valence-corrected chi connectivity index (χ0v) is 11.6. The van der Waals surface area contributed by atoms with E-state index in [1.165, 1.54) is 0 Å². The van der Waals surface area contributed by atoms with Gasteiger partial charge in [0.15, 0.2) is 11.6 Å². The lowest BCUT2D eigenvalue weighted by atomic mass is 10.0. The number of nitrogen functional groups attached to an aromatic ring is 1. The smallest absolute Gasteiger partial charge is 0.243 e. The zero-order valence-electron chi connectivity index (χ0n) is 10.7. The van der Waals surface area contributed by atoms with Crippen molar-refractivity contribution in [3.8, 4) is 0 Å². The van der Waals surface area contributed by atoms with Gasteiger partial charge in [-0.2, -0.15) is 0 Å². The molecule has 8 heteroatoms. The molecule has 0 unspecified atom stereocenters. The van der Waals surface area contributed by atoms with Crippen LogP contribution in [0.15, 0.2) is 17.0 Å². The molecule has 3 N–H and O–H groups in total. The highest BCUT2D eigenvalue weighted by Gasteiger charge is 2.24. The van der Waals surface area contributed by atoms with Crippen molar-refractivity contribution in [1.29, 1.82) is 0 Å². The van der Waals surface area contributed by atoms with Gasteiger partial charge in [0.25, 0.3) is 0 Å². The van der Waals surface area contributed by atoms with E-state index < -0.39 is 26.6 Å². The Balaban J connectivity index is 2.14. The van der Waals surface area contributed by atoms with Crippen LogP contribution in [0, 0.1) is 17.6 Å². The molecule has 0 amide bonds. The number of hydrogen-bond donors (Lipinski definition) is 2. The van der Waals surface area contributed by atoms with Gasteiger partial charge in [0.05, 0.1) is 0 Å². The predicted octanol–water partition coefficient (Wildman–Crippen LogP) is 1.25. The standard InChI is InChI=1S/C12H16F2N2O3S/c13-10-5-9(15)6-11(12(10)14)20(17,18)16-7-8-1-3-19-4-2-8/h5-6,8,16H,1-4,7,15H2. The number of sulfonamides is 1. The number of nitrogens with one attached hydrogen (secondary N) is 1. The van der Waals surface area contributed by atoms with Crippen LogP contribution < -0.4 is 10.5 Å². The van der Waals surface area contributed by atoms with Gasteiger partial charge in [-0.05, 0) is 30.9 Å². The van der Waals surface area contributed by atoms with Crippen molar-refractivity contribution in [1.82, 2.24) is 4.72 Å². The van der Waals surface area contributed by atoms with E-state index in [0.717, 1.165) is 25.0 Å². The van der Waals surface area contributed by atoms with Gasteiger partial charge < -0.3 is 10.5 Å². The van der Waals surface area contributed by atoms with Gasteiger partial charge >= 0.3 is 0 Å². The van der Waals surface area contributed by atoms with Crippen molar-refractivity contribution >= 4 is 15.7 Å². The third-order valence-electron chi connectivity index (χ3n) is 3.21. The molecule has 0 aliphatic carbocycles. The lowest BCUT2D eigenvalue weighted by Gasteiger charge is -2.22. The van der Waals surface area contributed by atoms with E-state index in [1.807, 2.05) is 0 Å². The minimum Gasteiger partial charge on any atom is -0.399 e. The SMILES string of the molecule is Nc1cc(F)c(F)c(S(=O)(=O)NCC2CCOCC2)c1. The summed E-state index contributed by atoms with van der Waals surface area (Å²) in [5.74, 6) is -2.57. The maximum atomic E-state index is 13.6. The van der Waals surface area contributed by atoms with E-state index in [4.69, 9.17) is 10.5 Å². The van der Waals surface area contributed by atoms with Gasteiger partial charge in [0.2, 0.25) is 10.0 Å². The van der Waals surface area contributed by atoms with Crippen LogP contribution >= 0.6 is 0 Å². The molecule has 20 heavy (non-hydrogen) atoms. The summed E-state index contributed by atoms with van der Waals surface area (Å²) >= 11 is 0. The monoisotopic (exact) mass is 306 g/mol. The molecule has 0 radical (unpaired) electrons. The maximum absolute atomic E-state index is 13.6. The first-order valence-corrected chi connectivity index (χ1v) is 7.70. The van der Waals surface area contributed by atoms with Crippen molar-refractivity contribution in [2.75, 3.05) is 25.5 Å². The molecule has 1 heterocycles. The van der Waals surface area contributed by atoms with Crippen LogP contribution in [0.2, 0.25) is 0 Å². The fourth-order valence-corrected chi connectivity index (χ4v) is 3.27. The fraction of sp³-hybridized carbons (Fsp3) is 0.500. The van der Waals surface area contributed by atoms with E-state index >= 15 is 0 Å². The molecular formula is C12H16F2N2O3S. The molecule has 0 aromatic heterocycles. The summed E-state index contributed by atoms with van der Waals surface area (Å²) in [5, 5.41) is 0. The van der Waals surface area contributed by atoms with E-state index in [2.05, 4.69) is 4.72 Å². The molecule has 1 aromatic carbocycles. The topological polar surface area (TPSA) is 81.4 Å². The summed E-state index contributed by atoms with van der Waals surface area (Å²) in [4.78, 5) is -0.762. The first kappa shape index (κ1) is 15.1. The molecule has 1 aromatic rings. The van der Waals surface area contributed by atoms with Gasteiger partial charge in [-0.1, -0.05) is 0 Å². The zero-order chi connectivity index (χ0) is 14.8. The molecule has 112 valence electrons. The van der Waals surface area contributed by atoms with Crippen molar-refractivity contribution in [3.05, 3.63) is 23.8 Å². The minimum atomic E-state index is -4.12. The number of ether oxygens (including phenoxy) is 1. The lowest BCUT2D eigenvalue weighted by molar-refractivity contribution is 0.0678. The Labute approximate surface area is 116 Å². The average Bonchev–Trinajstić information content (AvgIpc) is 2.42. The molecule has 0 bridgehead atoms. The van der Waals surface area contributed by atoms with Crippen LogP contribution in [0.3, 0.4) is 0 Å². The highest BCUT2D eigenvalue weighted by molar-refractivity contribution is 7.89. The Morgan fingerprint density at radius 1 is 1.30 bits per heavy atom. The molecule has 1 fully saturated rings. The van der Waals surface area contributed by atoms with Gasteiger partial charge in [-0.25, -0.2) is 21.9 Å². The van der Waals surface area contributed by atoms with Crippen LogP contribution in [0.4, 0.5) is 14.5 Å². The van der Waals surface area contributed by atoms with Crippen LogP contribution in [0.1, 0.15) is 12.8 Å². The Kier molecular flexibility index (Phi) is 4.56. The Morgan fingerprint density at radius 3 is 2.60 bits per heavy atom. The number of hydrogen-bond acceptors (Lipinski definition) is 4. The first-order chi connectivity index (χ1) is 9.40. The molecule has 0 saturated carbocycles. The van der Waals surface area contributed by atoms with E-state index in [1.54, 1.807) is 0 Å². The summed E-state index contributed by atoms with van der Waals surface area (Å²) in [5.41, 5.74) is 5.21. The molecule has 1 aliphatic rings. The van der Waals surface area contributed by atoms with Gasteiger partial charge in [-0.3, -0.25) is 0 Å². The lowest BCUT2D eigenvalue weighted by Crippen LogP contribution is -2.32. The number of halogens is 2. The van der Waals surface area contributed by atoms with Crippen LogP contribution in [-0.2, 0) is 14.8 Å². The Hall–Kier alpha value is -1.25. The van der Waals surface area contributed by atoms with Crippen molar-refractivity contribution in [2.45, 2.75) is 17.7 Å². The van der Waals surface area contributed by atoms with Gasteiger partial charge in [0.1, 0.15) is 4.90 Å². The van der Waals surface area contributed by atoms with Crippen molar-refractivity contribution < 1.29 is 21.9 Å². The van der Waals surface area contributed by atoms with Gasteiger partial charge in [-0.15, -0.1) is 0 Å². The van der Waals surface area contributed by atoms with Gasteiger partial charge in [0, 0.05) is 25.4 Å². The number of rotatable bonds is 4. The molecule has 0 atom stereocenters. The quantitative estimate of drug-likeness (QED) is 0.820. The summed E-state index contributed by atoms with van der Waals surface area (Å²) in [6, 6.07) is 1.65. The Morgan fingerprint density at radius 2 is 1.95 bits per heavy atom. The third-order valence-corrected chi connectivity index (χ3v) is 4.63. The highest BCUT2D eigenvalue weighted by atomic mass is 32.2. The number of anilines is 1. The molecule has 2 rings (SSSR count). The van der Waals surface area contributed by atoms with Crippen LogP contribution in [-0.4, -0.2) is 28.2 Å². The molecule has 1 saturated heterocycles. The number of benzene rings is 1. The van der Waals surface area contributed by atoms with Crippen molar-refractivity contribution in [3.63, 3.8) is 0 Å². The summed E-state index contributed by atoms with van der Waals surface area (Å²) in [6.45, 7) is 1.32. The maximum Gasteiger partial charge on any atom is 0.243 e. The second-order valence-electron chi connectivity index (χ2n) is 4.72. The Bertz CT molecular complexity index is 587. The fourth-order valence-electron chi connectivity index (χ4n) is 2.04. The molecule has 1 aliphatic heterocycles. The summed E-state index contributed by atoms with van der Waals surface area (Å²) in [7, 11) is -4.12. The summed E-state index contributed by atoms with van der Waals surface area (Å²) in [6.07, 6.45) is 1.46. The predicted molar refractivity (Wildman–Crippen MR) is 69.5 cm³/mol. The number of nitrogens with two attached hydrogens (primary N) is 1. The first-order valence-electron chi connectivity index (χ1n) is 6.22. The van der Waals surface area contributed by atoms with Crippen molar-refractivity contribution in [2.24, 2.45) is 5.92 Å². The summed E-state index contributed by atoms with van der Waals surface area (Å²) < 4.78 is 58.2. The third kappa shape index (κ3) is 3.44. The molecular weight excluding hydrogens is 290 g/mol. The van der Waals surface area contributed by atoms with E-state index in [0.29, 0.717) is 13.2 Å². The largest absolute Gasteiger partial charge is 0.399 e. The normalized spacial score (nSPS) is 17.3.